The van der Waals surface area contributed by atoms with Gasteiger partial charge >= 0.3 is 6.01 Å². The highest BCUT2D eigenvalue weighted by Crippen LogP contribution is 2.48. The van der Waals surface area contributed by atoms with Crippen molar-refractivity contribution < 1.29 is 23.0 Å². The van der Waals surface area contributed by atoms with E-state index in [9.17, 15) is 9.50 Å². The van der Waals surface area contributed by atoms with Crippen molar-refractivity contribution in [3.8, 4) is 35.2 Å². The van der Waals surface area contributed by atoms with E-state index in [1.54, 1.807) is 0 Å². The van der Waals surface area contributed by atoms with Crippen molar-refractivity contribution in [1.82, 2.24) is 25.1 Å². The average Bonchev–Trinajstić information content (AvgIpc) is 3.64. The van der Waals surface area contributed by atoms with Crippen LogP contribution in [0.3, 0.4) is 0 Å². The molecule has 4 atom stereocenters. The minimum atomic E-state index is -0.950. The largest absolute Gasteiger partial charge is 0.508 e. The molecule has 9 rings (SSSR count). The third kappa shape index (κ3) is 4.87. The van der Waals surface area contributed by atoms with Crippen LogP contribution in [0.2, 0.25) is 0 Å². The molecule has 248 valence electrons. The number of phenolic OH excluding ortho intramolecular Hbond substituents is 1. The number of likely N-dealkylation sites (N-methyl/N-ethyl adjacent to an activating group) is 1. The number of likely N-dealkylation sites (tertiary alicyclic amines) is 2. The lowest BCUT2D eigenvalue weighted by Gasteiger charge is -2.40. The molecule has 0 radical (unpaired) electrons. The molecule has 5 fully saturated rings. The smallest absolute Gasteiger partial charge is 0.319 e. The number of hydrogen-bond acceptors (Lipinski definition) is 8. The monoisotopic (exact) mass is 654 g/mol. The quantitative estimate of drug-likeness (QED) is 0.273. The van der Waals surface area contributed by atoms with E-state index in [1.165, 1.54) is 30.3 Å². The second kappa shape index (κ2) is 11.0. The maximum absolute atomic E-state index is 16.9. The van der Waals surface area contributed by atoms with Crippen LogP contribution in [-0.4, -0.2) is 95.9 Å². The molecule has 4 saturated heterocycles. The number of nitrogens with one attached hydrogen (secondary N) is 1. The molecule has 1 saturated carbocycles. The van der Waals surface area contributed by atoms with Crippen molar-refractivity contribution >= 4 is 27.5 Å². The Morgan fingerprint density at radius 3 is 2.52 bits per heavy atom. The number of halogens is 3. The first-order chi connectivity index (χ1) is 23.2. The second-order valence-electron chi connectivity index (χ2n) is 14.7. The van der Waals surface area contributed by atoms with Crippen LogP contribution >= 0.6 is 0 Å². The first-order valence-corrected chi connectivity index (χ1v) is 16.9. The summed E-state index contributed by atoms with van der Waals surface area (Å²) in [4.78, 5) is 16.4. The van der Waals surface area contributed by atoms with Gasteiger partial charge < -0.3 is 29.9 Å². The van der Waals surface area contributed by atoms with Crippen LogP contribution in [0.25, 0.3) is 32.8 Å². The summed E-state index contributed by atoms with van der Waals surface area (Å²) in [6.45, 7) is 5.96. The summed E-state index contributed by atoms with van der Waals surface area (Å²) in [7, 11) is 2.19. The second-order valence-corrected chi connectivity index (χ2v) is 14.7. The maximum atomic E-state index is 16.9. The number of rotatable bonds is 7. The maximum Gasteiger partial charge on any atom is 0.319 e. The van der Waals surface area contributed by atoms with Crippen molar-refractivity contribution in [3.63, 3.8) is 0 Å². The molecule has 4 aliphatic heterocycles. The van der Waals surface area contributed by atoms with E-state index in [1.807, 2.05) is 0 Å². The van der Waals surface area contributed by atoms with E-state index in [0.717, 1.165) is 57.8 Å². The van der Waals surface area contributed by atoms with Gasteiger partial charge in [0.2, 0.25) is 0 Å². The van der Waals surface area contributed by atoms with Crippen LogP contribution in [0.1, 0.15) is 31.2 Å². The number of fused-ring (bicyclic) bond motifs is 5. The Balaban J connectivity index is 1.13. The zero-order valence-corrected chi connectivity index (χ0v) is 26.8. The molecule has 1 aliphatic carbocycles. The number of aromatic hydroxyl groups is 1. The third-order valence-electron chi connectivity index (χ3n) is 11.4. The van der Waals surface area contributed by atoms with Crippen molar-refractivity contribution in [2.24, 2.45) is 11.3 Å². The number of aromatic nitrogens is 2. The van der Waals surface area contributed by atoms with E-state index in [2.05, 4.69) is 38.0 Å². The summed E-state index contributed by atoms with van der Waals surface area (Å²) in [6, 6.07) is 7.64. The lowest BCUT2D eigenvalue weighted by atomic mass is 9.92. The minimum absolute atomic E-state index is 0.00232. The average molecular weight is 655 g/mol. The van der Waals surface area contributed by atoms with E-state index in [-0.39, 0.29) is 56.7 Å². The number of terminal acetylenes is 1. The van der Waals surface area contributed by atoms with Crippen molar-refractivity contribution in [1.29, 1.82) is 0 Å². The fraction of sp³-hybridized carbons (Fsp3) is 0.459. The Morgan fingerprint density at radius 2 is 1.81 bits per heavy atom. The van der Waals surface area contributed by atoms with Gasteiger partial charge in [-0.3, -0.25) is 0 Å². The molecule has 2 N–H and O–H groups in total. The summed E-state index contributed by atoms with van der Waals surface area (Å²) in [5, 5.41) is 14.9. The number of piperazine rings is 1. The van der Waals surface area contributed by atoms with Crippen molar-refractivity contribution in [2.45, 2.75) is 43.8 Å². The van der Waals surface area contributed by atoms with Crippen LogP contribution < -0.4 is 15.0 Å². The molecule has 5 heterocycles. The highest BCUT2D eigenvalue weighted by Gasteiger charge is 2.50. The first-order valence-electron chi connectivity index (χ1n) is 16.9. The highest BCUT2D eigenvalue weighted by atomic mass is 19.1. The first kappa shape index (κ1) is 30.0. The number of nitrogens with zero attached hydrogens (tertiary/aromatic N) is 5. The van der Waals surface area contributed by atoms with Crippen LogP contribution in [0.15, 0.2) is 30.3 Å². The fourth-order valence-corrected chi connectivity index (χ4v) is 8.78. The molecule has 11 heteroatoms. The predicted molar refractivity (Wildman–Crippen MR) is 178 cm³/mol. The summed E-state index contributed by atoms with van der Waals surface area (Å²) in [5.41, 5.74) is -0.750. The molecule has 4 aromatic rings. The predicted octanol–water partition coefficient (Wildman–Crippen LogP) is 4.90. The van der Waals surface area contributed by atoms with Crippen LogP contribution in [-0.2, 0) is 0 Å². The molecule has 0 amide bonds. The summed E-state index contributed by atoms with van der Waals surface area (Å²) >= 11 is 0. The fourth-order valence-electron chi connectivity index (χ4n) is 8.78. The Hall–Kier alpha value is -4.11. The highest BCUT2D eigenvalue weighted by molar-refractivity contribution is 6.04. The van der Waals surface area contributed by atoms with E-state index < -0.39 is 23.0 Å². The minimum Gasteiger partial charge on any atom is -0.508 e. The Labute approximate surface area is 276 Å². The van der Waals surface area contributed by atoms with Gasteiger partial charge in [0.1, 0.15) is 28.7 Å². The molecular formula is C37H37F3N6O2. The van der Waals surface area contributed by atoms with E-state index in [0.29, 0.717) is 36.9 Å². The third-order valence-corrected chi connectivity index (χ3v) is 11.4. The Bertz CT molecular complexity index is 2020. The van der Waals surface area contributed by atoms with Gasteiger partial charge in [-0.25, -0.2) is 13.2 Å². The van der Waals surface area contributed by atoms with Gasteiger partial charge in [0.25, 0.3) is 0 Å². The molecule has 2 bridgehead atoms. The molecular weight excluding hydrogens is 617 g/mol. The van der Waals surface area contributed by atoms with Crippen molar-refractivity contribution in [3.05, 3.63) is 53.3 Å². The lowest BCUT2D eigenvalue weighted by Crippen LogP contribution is -2.52. The van der Waals surface area contributed by atoms with Crippen LogP contribution in [0.4, 0.5) is 19.0 Å². The zero-order chi connectivity index (χ0) is 32.9. The molecule has 48 heavy (non-hydrogen) atoms. The Kier molecular flexibility index (Phi) is 6.84. The molecule has 8 nitrogen and oxygen atoms in total. The molecule has 3 aromatic carbocycles. The van der Waals surface area contributed by atoms with Gasteiger partial charge in [0.05, 0.1) is 17.7 Å². The number of benzene rings is 3. The van der Waals surface area contributed by atoms with Gasteiger partial charge in [0, 0.05) is 85.1 Å². The summed E-state index contributed by atoms with van der Waals surface area (Å²) in [5.74, 6) is 0.718. The number of anilines is 1. The number of hydrogen-bond donors (Lipinski definition) is 2. The normalized spacial score (nSPS) is 26.1. The topological polar surface area (TPSA) is 77.0 Å². The van der Waals surface area contributed by atoms with E-state index >= 15 is 8.78 Å². The lowest BCUT2D eigenvalue weighted by molar-refractivity contribution is 0.0824. The van der Waals surface area contributed by atoms with Crippen LogP contribution in [0.5, 0.6) is 11.8 Å². The van der Waals surface area contributed by atoms with Gasteiger partial charge in [0.15, 0.2) is 5.82 Å². The van der Waals surface area contributed by atoms with Crippen molar-refractivity contribution in [2.75, 3.05) is 57.8 Å². The SMILES string of the molecule is C#Cc1c(F)ccc2cc(O)cc(-c3c(F)cc4c(N5CC6CCC(C5)N6)nc(OCC5(CN6CC7CN(C)C7C6)CC5)nc4c3F)c12. The molecule has 5 aliphatic rings. The Morgan fingerprint density at radius 1 is 1.02 bits per heavy atom. The van der Waals surface area contributed by atoms with Gasteiger partial charge in [-0.15, -0.1) is 6.42 Å². The van der Waals surface area contributed by atoms with Gasteiger partial charge in [-0.05, 0) is 62.4 Å². The van der Waals surface area contributed by atoms with Crippen LogP contribution in [0, 0.1) is 41.1 Å². The molecule has 0 spiro atoms. The summed E-state index contributed by atoms with van der Waals surface area (Å²) in [6.07, 6.45) is 9.80. The van der Waals surface area contributed by atoms with E-state index in [4.69, 9.17) is 16.1 Å². The van der Waals surface area contributed by atoms with Gasteiger partial charge in [-0.2, -0.15) is 9.97 Å². The number of phenols is 1. The van der Waals surface area contributed by atoms with Gasteiger partial charge in [-0.1, -0.05) is 12.0 Å². The standard InChI is InChI=1S/C37H37F3N6O2/c1-3-25-28(38)7-4-20-10-24(47)11-26(31(20)25)32-29(39)12-27-34(33(32)40)42-36(43-35(27)46-15-22-5-6-23(16-46)41-22)48-19-37(8-9-37)18-45-14-21-13-44(2)30(21)17-45/h1,4,7,10-12,21-23,30,41,47H,5-6,8-9,13-19H2,2H3. The molecule has 4 unspecified atom stereocenters. The number of ether oxygens (including phenoxy) is 1. The summed E-state index contributed by atoms with van der Waals surface area (Å²) < 4.78 is 54.4. The zero-order valence-electron chi connectivity index (χ0n) is 26.8. The molecule has 1 aromatic heterocycles.